The Labute approximate surface area is 124 Å². The fourth-order valence-electron chi connectivity index (χ4n) is 1.48. The lowest BCUT2D eigenvalue weighted by atomic mass is 10.3. The highest BCUT2D eigenvalue weighted by atomic mass is 35.5. The Bertz CT molecular complexity index is 659. The van der Waals surface area contributed by atoms with Gasteiger partial charge in [-0.2, -0.15) is 0 Å². The molecule has 2 N–H and O–H groups in total. The maximum atomic E-state index is 11.9. The highest BCUT2D eigenvalue weighted by Gasteiger charge is 2.17. The number of halogens is 1. The molecule has 0 aliphatic rings. The summed E-state index contributed by atoms with van der Waals surface area (Å²) in [7, 11) is -5.89. The molecular weight excluding hydrogens is 324 g/mol. The van der Waals surface area contributed by atoms with Crippen LogP contribution in [0, 0.1) is 5.92 Å². The van der Waals surface area contributed by atoms with Gasteiger partial charge < -0.3 is 0 Å². The smallest absolute Gasteiger partial charge is 0.240 e. The van der Waals surface area contributed by atoms with Crippen LogP contribution in [0.2, 0.25) is 0 Å². The highest BCUT2D eigenvalue weighted by molar-refractivity contribution is 7.92. The fraction of sp³-hybridized carbons (Fsp3) is 0.455. The van der Waals surface area contributed by atoms with Crippen molar-refractivity contribution in [3.63, 3.8) is 0 Å². The molecule has 1 atom stereocenters. The second kappa shape index (κ2) is 6.75. The van der Waals surface area contributed by atoms with E-state index in [2.05, 4.69) is 9.44 Å². The normalized spacial score (nSPS) is 13.9. The van der Waals surface area contributed by atoms with Crippen molar-refractivity contribution in [2.24, 2.45) is 5.92 Å². The topological polar surface area (TPSA) is 92.3 Å². The van der Waals surface area contributed by atoms with E-state index in [9.17, 15) is 16.8 Å². The average Bonchev–Trinajstić information content (AvgIpc) is 2.37. The molecule has 1 rings (SSSR count). The van der Waals surface area contributed by atoms with E-state index < -0.39 is 20.0 Å². The quantitative estimate of drug-likeness (QED) is 0.730. The van der Waals surface area contributed by atoms with Crippen molar-refractivity contribution in [3.05, 3.63) is 24.3 Å². The molecule has 114 valence electrons. The summed E-state index contributed by atoms with van der Waals surface area (Å²) in [4.78, 5) is -0.00871. The summed E-state index contributed by atoms with van der Waals surface area (Å²) in [6.07, 6.45) is 0. The molecule has 0 spiro atoms. The lowest BCUT2D eigenvalue weighted by molar-refractivity contribution is 0.585. The Morgan fingerprint density at radius 3 is 2.45 bits per heavy atom. The number of hydrogen-bond donors (Lipinski definition) is 2. The van der Waals surface area contributed by atoms with Crippen LogP contribution in [0.1, 0.15) is 6.92 Å². The number of alkyl halides is 1. The predicted molar refractivity (Wildman–Crippen MR) is 80.0 cm³/mol. The molecule has 1 unspecified atom stereocenters. The third-order valence-corrected chi connectivity index (χ3v) is 5.95. The maximum absolute atomic E-state index is 11.9. The van der Waals surface area contributed by atoms with Gasteiger partial charge in [-0.1, -0.05) is 13.0 Å². The van der Waals surface area contributed by atoms with E-state index in [-0.39, 0.29) is 28.1 Å². The van der Waals surface area contributed by atoms with Crippen LogP contribution in [0.4, 0.5) is 5.69 Å². The lowest BCUT2D eigenvalue weighted by Gasteiger charge is -2.12. The molecule has 0 aliphatic heterocycles. The zero-order valence-electron chi connectivity index (χ0n) is 11.1. The Kier molecular flexibility index (Phi) is 5.81. The summed E-state index contributed by atoms with van der Waals surface area (Å²) in [5.74, 6) is -0.0902. The van der Waals surface area contributed by atoms with Crippen molar-refractivity contribution in [1.29, 1.82) is 0 Å². The van der Waals surface area contributed by atoms with E-state index in [0.29, 0.717) is 0 Å². The fourth-order valence-corrected chi connectivity index (χ4v) is 3.94. The zero-order chi connectivity index (χ0) is 15.4. The van der Waals surface area contributed by atoms with Crippen LogP contribution in [0.25, 0.3) is 0 Å². The van der Waals surface area contributed by atoms with Gasteiger partial charge in [0.15, 0.2) is 0 Å². The first-order valence-corrected chi connectivity index (χ1v) is 9.47. The summed E-state index contributed by atoms with van der Waals surface area (Å²) in [5, 5.41) is 0. The lowest BCUT2D eigenvalue weighted by Crippen LogP contribution is -2.22. The Balaban J connectivity index is 2.97. The van der Waals surface area contributed by atoms with Crippen LogP contribution >= 0.6 is 11.6 Å². The average molecular weight is 341 g/mol. The molecule has 20 heavy (non-hydrogen) atoms. The van der Waals surface area contributed by atoms with Crippen molar-refractivity contribution in [2.45, 2.75) is 11.8 Å². The molecule has 0 heterocycles. The van der Waals surface area contributed by atoms with Crippen LogP contribution in [0.15, 0.2) is 29.2 Å². The second-order valence-corrected chi connectivity index (χ2v) is 8.34. The van der Waals surface area contributed by atoms with Crippen LogP contribution in [0.3, 0.4) is 0 Å². The number of sulfonamides is 2. The van der Waals surface area contributed by atoms with E-state index >= 15 is 0 Å². The molecule has 0 radical (unpaired) electrons. The SMILES string of the molecule is CNS(=O)(=O)c1cccc(NS(=O)(=O)CC(C)CCl)c1. The van der Waals surface area contributed by atoms with Gasteiger partial charge in [-0.25, -0.2) is 21.6 Å². The molecule has 0 fully saturated rings. The Morgan fingerprint density at radius 1 is 1.25 bits per heavy atom. The van der Waals surface area contributed by atoms with E-state index in [1.165, 1.54) is 31.3 Å². The number of anilines is 1. The van der Waals surface area contributed by atoms with E-state index in [0.717, 1.165) is 0 Å². The summed E-state index contributed by atoms with van der Waals surface area (Å²) in [5.41, 5.74) is 0.197. The van der Waals surface area contributed by atoms with Crippen molar-refractivity contribution in [1.82, 2.24) is 4.72 Å². The van der Waals surface area contributed by atoms with Gasteiger partial charge in [0.05, 0.1) is 10.6 Å². The van der Waals surface area contributed by atoms with Gasteiger partial charge in [-0.15, -0.1) is 11.6 Å². The van der Waals surface area contributed by atoms with Crippen LogP contribution in [0.5, 0.6) is 0 Å². The van der Waals surface area contributed by atoms with Gasteiger partial charge in [-0.3, -0.25) is 4.72 Å². The number of rotatable bonds is 7. The molecule has 0 amide bonds. The van der Waals surface area contributed by atoms with E-state index in [4.69, 9.17) is 11.6 Å². The van der Waals surface area contributed by atoms with Crippen molar-refractivity contribution < 1.29 is 16.8 Å². The maximum Gasteiger partial charge on any atom is 0.240 e. The third kappa shape index (κ3) is 4.93. The van der Waals surface area contributed by atoms with Gasteiger partial charge in [0, 0.05) is 11.6 Å². The molecule has 0 bridgehead atoms. The number of hydrogen-bond acceptors (Lipinski definition) is 4. The van der Waals surface area contributed by atoms with Gasteiger partial charge >= 0.3 is 0 Å². The summed E-state index contributed by atoms with van der Waals surface area (Å²) in [6, 6.07) is 5.59. The predicted octanol–water partition coefficient (Wildman–Crippen LogP) is 1.21. The number of nitrogens with one attached hydrogen (secondary N) is 2. The molecule has 1 aromatic rings. The summed E-state index contributed by atoms with van der Waals surface area (Å²) in [6.45, 7) is 1.72. The molecule has 0 saturated heterocycles. The Hall–Kier alpha value is -0.830. The van der Waals surface area contributed by atoms with Gasteiger partial charge in [-0.05, 0) is 31.2 Å². The van der Waals surface area contributed by atoms with E-state index in [1.807, 2.05) is 0 Å². The first-order chi connectivity index (χ1) is 9.20. The summed E-state index contributed by atoms with van der Waals surface area (Å²) >= 11 is 5.59. The first-order valence-electron chi connectivity index (χ1n) is 5.80. The molecule has 1 aromatic carbocycles. The minimum absolute atomic E-state index is 0.00871. The first kappa shape index (κ1) is 17.2. The molecular formula is C11H17ClN2O4S2. The highest BCUT2D eigenvalue weighted by Crippen LogP contribution is 2.17. The molecule has 9 heteroatoms. The van der Waals surface area contributed by atoms with Crippen LogP contribution in [-0.2, 0) is 20.0 Å². The van der Waals surface area contributed by atoms with Gasteiger partial charge in [0.25, 0.3) is 0 Å². The standard InChI is InChI=1S/C11H17ClN2O4S2/c1-9(7-12)8-19(15,16)14-10-4-3-5-11(6-10)20(17,18)13-2/h3-6,9,13-14H,7-8H2,1-2H3. The second-order valence-electron chi connectivity index (χ2n) is 4.38. The molecule has 0 saturated carbocycles. The largest absolute Gasteiger partial charge is 0.284 e. The van der Waals surface area contributed by atoms with Crippen molar-refractivity contribution in [3.8, 4) is 0 Å². The van der Waals surface area contributed by atoms with Crippen LogP contribution < -0.4 is 9.44 Å². The number of benzene rings is 1. The van der Waals surface area contributed by atoms with E-state index in [1.54, 1.807) is 6.92 Å². The monoisotopic (exact) mass is 340 g/mol. The third-order valence-electron chi connectivity index (χ3n) is 2.45. The minimum atomic E-state index is -3.61. The molecule has 0 aliphatic carbocycles. The Morgan fingerprint density at radius 2 is 1.90 bits per heavy atom. The minimum Gasteiger partial charge on any atom is -0.284 e. The van der Waals surface area contributed by atoms with Crippen molar-refractivity contribution in [2.75, 3.05) is 23.4 Å². The van der Waals surface area contributed by atoms with Crippen LogP contribution in [-0.4, -0.2) is 35.5 Å². The van der Waals surface area contributed by atoms with Gasteiger partial charge in [0.2, 0.25) is 20.0 Å². The van der Waals surface area contributed by atoms with Gasteiger partial charge in [0.1, 0.15) is 0 Å². The molecule has 0 aromatic heterocycles. The molecule has 6 nitrogen and oxygen atoms in total. The zero-order valence-corrected chi connectivity index (χ0v) is 13.5. The summed E-state index contributed by atoms with van der Waals surface area (Å²) < 4.78 is 51.5. The van der Waals surface area contributed by atoms with Crippen molar-refractivity contribution >= 4 is 37.3 Å².